The van der Waals surface area contributed by atoms with Crippen molar-refractivity contribution in [3.8, 4) is 11.5 Å². The number of ether oxygens (including phenoxy) is 2. The molecule has 4 rings (SSSR count). The second-order valence-corrected chi connectivity index (χ2v) is 7.81. The molecule has 4 amide bonds. The van der Waals surface area contributed by atoms with E-state index in [0.29, 0.717) is 22.7 Å². The molecule has 1 fully saturated rings. The summed E-state index contributed by atoms with van der Waals surface area (Å²) in [4.78, 5) is 48.7. The largest absolute Gasteiger partial charge is 0.490 e. The lowest BCUT2D eigenvalue weighted by Gasteiger charge is -2.26. The number of carbonyl (C=O) groups is 3. The van der Waals surface area contributed by atoms with E-state index in [2.05, 4.69) is 5.32 Å². The summed E-state index contributed by atoms with van der Waals surface area (Å²) in [7, 11) is 0. The summed E-state index contributed by atoms with van der Waals surface area (Å²) in [5.41, 5.74) is 1.72. The second-order valence-electron chi connectivity index (χ2n) is 7.81. The number of aryl methyl sites for hydroxylation is 1. The van der Waals surface area contributed by atoms with Gasteiger partial charge in [-0.3, -0.25) is 25.0 Å². The monoisotopic (exact) mass is 487 g/mol. The number of urea groups is 1. The van der Waals surface area contributed by atoms with Crippen molar-refractivity contribution in [2.75, 3.05) is 18.1 Å². The maximum absolute atomic E-state index is 13.0. The molecule has 0 unspecified atom stereocenters. The van der Waals surface area contributed by atoms with Crippen molar-refractivity contribution in [2.45, 2.75) is 6.92 Å². The lowest BCUT2D eigenvalue weighted by molar-refractivity contribution is -0.384. The lowest BCUT2D eigenvalue weighted by atomic mass is 10.1. The van der Waals surface area contributed by atoms with Crippen LogP contribution in [-0.2, 0) is 9.59 Å². The second kappa shape index (κ2) is 10.5. The Bertz CT molecular complexity index is 1330. The number of rotatable bonds is 8. The molecule has 1 aliphatic heterocycles. The van der Waals surface area contributed by atoms with Crippen molar-refractivity contribution in [2.24, 2.45) is 0 Å². The summed E-state index contributed by atoms with van der Waals surface area (Å²) >= 11 is 0. The highest BCUT2D eigenvalue weighted by molar-refractivity contribution is 6.39. The number of hydrogen-bond donors (Lipinski definition) is 1. The smallest absolute Gasteiger partial charge is 0.335 e. The summed E-state index contributed by atoms with van der Waals surface area (Å²) in [6.45, 7) is 2.34. The van der Waals surface area contributed by atoms with E-state index in [9.17, 15) is 24.5 Å². The highest BCUT2D eigenvalue weighted by atomic mass is 16.6. The highest BCUT2D eigenvalue weighted by Crippen LogP contribution is 2.23. The van der Waals surface area contributed by atoms with Gasteiger partial charge < -0.3 is 9.47 Å². The number of hydrogen-bond acceptors (Lipinski definition) is 7. The Morgan fingerprint density at radius 2 is 1.42 bits per heavy atom. The predicted molar refractivity (Wildman–Crippen MR) is 131 cm³/mol. The van der Waals surface area contributed by atoms with E-state index < -0.39 is 22.8 Å². The van der Waals surface area contributed by atoms with E-state index in [1.54, 1.807) is 48.5 Å². The number of benzene rings is 3. The van der Waals surface area contributed by atoms with Gasteiger partial charge in [-0.1, -0.05) is 29.8 Å². The van der Waals surface area contributed by atoms with Crippen LogP contribution in [0.5, 0.6) is 11.5 Å². The molecule has 1 N–H and O–H groups in total. The Balaban J connectivity index is 1.36. The molecule has 0 bridgehead atoms. The summed E-state index contributed by atoms with van der Waals surface area (Å²) in [6, 6.07) is 18.4. The van der Waals surface area contributed by atoms with E-state index in [4.69, 9.17) is 9.47 Å². The first-order valence-electron chi connectivity index (χ1n) is 10.9. The number of nitrogens with zero attached hydrogens (tertiary/aromatic N) is 2. The Morgan fingerprint density at radius 1 is 0.861 bits per heavy atom. The third kappa shape index (κ3) is 5.55. The molecule has 1 saturated heterocycles. The average molecular weight is 487 g/mol. The minimum absolute atomic E-state index is 0.0180. The molecule has 0 aromatic heterocycles. The van der Waals surface area contributed by atoms with Crippen molar-refractivity contribution in [1.82, 2.24) is 5.32 Å². The molecular formula is C26H21N3O7. The Labute approximate surface area is 205 Å². The Morgan fingerprint density at radius 3 is 1.97 bits per heavy atom. The van der Waals surface area contributed by atoms with Gasteiger partial charge in [0.1, 0.15) is 30.3 Å². The first-order chi connectivity index (χ1) is 17.3. The van der Waals surface area contributed by atoms with Crippen molar-refractivity contribution < 1.29 is 28.8 Å². The van der Waals surface area contributed by atoms with E-state index in [1.807, 2.05) is 6.92 Å². The van der Waals surface area contributed by atoms with Gasteiger partial charge in [0.2, 0.25) is 0 Å². The zero-order chi connectivity index (χ0) is 25.7. The van der Waals surface area contributed by atoms with E-state index >= 15 is 0 Å². The molecule has 3 aromatic rings. The number of amides is 4. The van der Waals surface area contributed by atoms with E-state index in [-0.39, 0.29) is 24.5 Å². The number of nitrogens with one attached hydrogen (secondary N) is 1. The van der Waals surface area contributed by atoms with Crippen LogP contribution in [-0.4, -0.2) is 36.0 Å². The van der Waals surface area contributed by atoms with Crippen LogP contribution in [0.2, 0.25) is 0 Å². The molecule has 1 heterocycles. The van der Waals surface area contributed by atoms with Gasteiger partial charge in [0, 0.05) is 12.1 Å². The third-order valence-corrected chi connectivity index (χ3v) is 5.25. The summed E-state index contributed by atoms with van der Waals surface area (Å²) in [5.74, 6) is -0.450. The molecule has 0 radical (unpaired) electrons. The maximum Gasteiger partial charge on any atom is 0.335 e. The summed E-state index contributed by atoms with van der Waals surface area (Å²) in [6.07, 6.45) is 1.41. The van der Waals surface area contributed by atoms with Crippen molar-refractivity contribution in [3.63, 3.8) is 0 Å². The number of barbiturate groups is 1. The zero-order valence-corrected chi connectivity index (χ0v) is 19.2. The summed E-state index contributed by atoms with van der Waals surface area (Å²) < 4.78 is 11.1. The van der Waals surface area contributed by atoms with Gasteiger partial charge in [-0.2, -0.15) is 0 Å². The molecule has 0 spiro atoms. The van der Waals surface area contributed by atoms with Gasteiger partial charge in [0.05, 0.1) is 10.6 Å². The normalized spacial score (nSPS) is 14.5. The van der Waals surface area contributed by atoms with Crippen LogP contribution in [0, 0.1) is 17.0 Å². The fourth-order valence-electron chi connectivity index (χ4n) is 3.40. The van der Waals surface area contributed by atoms with Crippen molar-refractivity contribution in [3.05, 3.63) is 99.6 Å². The van der Waals surface area contributed by atoms with Crippen LogP contribution in [0.3, 0.4) is 0 Å². The zero-order valence-electron chi connectivity index (χ0n) is 19.2. The average Bonchev–Trinajstić information content (AvgIpc) is 2.86. The molecule has 3 aromatic carbocycles. The Hall–Kier alpha value is -4.99. The van der Waals surface area contributed by atoms with Gasteiger partial charge in [-0.15, -0.1) is 0 Å². The minimum Gasteiger partial charge on any atom is -0.490 e. The standard InChI is InChI=1S/C26H21N3O7/c1-17-2-6-19(7-3-17)28-25(31)23(24(30)27-26(28)32)16-18-4-10-21(11-5-18)35-14-15-36-22-12-8-20(9-13-22)29(33)34/h2-13,16H,14-15H2,1H3,(H,27,30,32)/b23-16+. The van der Waals surface area contributed by atoms with Gasteiger partial charge in [0.15, 0.2) is 0 Å². The minimum atomic E-state index is -0.800. The van der Waals surface area contributed by atoms with E-state index in [0.717, 1.165) is 10.5 Å². The molecule has 0 saturated carbocycles. The van der Waals surface area contributed by atoms with Crippen LogP contribution in [0.15, 0.2) is 78.4 Å². The fraction of sp³-hybridized carbons (Fsp3) is 0.115. The first-order valence-corrected chi connectivity index (χ1v) is 10.9. The van der Waals surface area contributed by atoms with Crippen LogP contribution in [0.4, 0.5) is 16.2 Å². The van der Waals surface area contributed by atoms with Crippen LogP contribution in [0.25, 0.3) is 6.08 Å². The van der Waals surface area contributed by atoms with Crippen LogP contribution >= 0.6 is 0 Å². The van der Waals surface area contributed by atoms with Gasteiger partial charge in [0.25, 0.3) is 17.5 Å². The molecule has 36 heavy (non-hydrogen) atoms. The third-order valence-electron chi connectivity index (χ3n) is 5.25. The molecule has 1 aliphatic rings. The SMILES string of the molecule is Cc1ccc(N2C(=O)NC(=O)/C(=C\c3ccc(OCCOc4ccc([N+](=O)[O-])cc4)cc3)C2=O)cc1. The molecule has 0 aliphatic carbocycles. The fourth-order valence-corrected chi connectivity index (χ4v) is 3.40. The number of imide groups is 2. The molecule has 182 valence electrons. The predicted octanol–water partition coefficient (Wildman–Crippen LogP) is 4.03. The quantitative estimate of drug-likeness (QED) is 0.167. The molecular weight excluding hydrogens is 466 g/mol. The number of nitro groups is 1. The van der Waals surface area contributed by atoms with Gasteiger partial charge >= 0.3 is 6.03 Å². The molecule has 10 nitrogen and oxygen atoms in total. The number of carbonyl (C=O) groups excluding carboxylic acids is 3. The first kappa shape index (κ1) is 24.1. The van der Waals surface area contributed by atoms with Crippen LogP contribution < -0.4 is 19.7 Å². The number of anilines is 1. The molecule has 10 heteroatoms. The summed E-state index contributed by atoms with van der Waals surface area (Å²) in [5, 5.41) is 12.9. The molecule has 0 atom stereocenters. The maximum atomic E-state index is 13.0. The Kier molecular flexibility index (Phi) is 7.05. The van der Waals surface area contributed by atoms with Gasteiger partial charge in [-0.25, -0.2) is 9.69 Å². The highest BCUT2D eigenvalue weighted by Gasteiger charge is 2.36. The number of nitro benzene ring substituents is 1. The van der Waals surface area contributed by atoms with Crippen molar-refractivity contribution in [1.29, 1.82) is 0 Å². The number of non-ortho nitro benzene ring substituents is 1. The lowest BCUT2D eigenvalue weighted by Crippen LogP contribution is -2.54. The van der Waals surface area contributed by atoms with Gasteiger partial charge in [-0.05, 0) is 55.0 Å². The topological polar surface area (TPSA) is 128 Å². The van der Waals surface area contributed by atoms with Crippen LogP contribution in [0.1, 0.15) is 11.1 Å². The van der Waals surface area contributed by atoms with Crippen molar-refractivity contribution >= 4 is 35.3 Å². The van der Waals surface area contributed by atoms with E-state index in [1.165, 1.54) is 30.3 Å².